The Labute approximate surface area is 200 Å². The Morgan fingerprint density at radius 2 is 1.82 bits per heavy atom. The van der Waals surface area contributed by atoms with Crippen molar-refractivity contribution in [1.29, 1.82) is 0 Å². The number of hydrogen-bond acceptors (Lipinski definition) is 3. The number of thiophene rings is 1. The zero-order valence-corrected chi connectivity index (χ0v) is 20.5. The minimum absolute atomic E-state index is 0.0863. The van der Waals surface area contributed by atoms with Gasteiger partial charge >= 0.3 is 0 Å². The summed E-state index contributed by atoms with van der Waals surface area (Å²) in [5, 5.41) is 4.22. The topological polar surface area (TPSA) is 46.4 Å². The van der Waals surface area contributed by atoms with Crippen molar-refractivity contribution in [2.75, 3.05) is 0 Å². The lowest BCUT2D eigenvalue weighted by Gasteiger charge is -2.23. The highest BCUT2D eigenvalue weighted by molar-refractivity contribution is 7.16. The first-order valence-electron chi connectivity index (χ1n) is 12.4. The van der Waals surface area contributed by atoms with Crippen molar-refractivity contribution in [1.82, 2.24) is 9.88 Å². The summed E-state index contributed by atoms with van der Waals surface area (Å²) >= 11 is 1.72. The van der Waals surface area contributed by atoms with Crippen molar-refractivity contribution in [3.63, 3.8) is 0 Å². The van der Waals surface area contributed by atoms with Gasteiger partial charge in [-0.15, -0.1) is 11.3 Å². The van der Waals surface area contributed by atoms with Crippen LogP contribution >= 0.6 is 11.3 Å². The molecule has 1 fully saturated rings. The van der Waals surface area contributed by atoms with E-state index in [1.165, 1.54) is 41.8 Å². The van der Waals surface area contributed by atoms with Crippen LogP contribution in [0.5, 0.6) is 0 Å². The lowest BCUT2D eigenvalue weighted by molar-refractivity contribution is 0.0927. The zero-order valence-electron chi connectivity index (χ0n) is 19.7. The van der Waals surface area contributed by atoms with Crippen LogP contribution in [0.4, 0.5) is 5.00 Å². The Morgan fingerprint density at radius 1 is 1.06 bits per heavy atom. The van der Waals surface area contributed by atoms with Gasteiger partial charge in [0.2, 0.25) is 0 Å². The lowest BCUT2D eigenvalue weighted by Crippen LogP contribution is -2.36. The number of amides is 1. The number of carbonyl (C=O) groups is 1. The number of aromatic nitrogens is 1. The molecule has 4 nitrogen and oxygen atoms in total. The van der Waals surface area contributed by atoms with Gasteiger partial charge in [-0.05, 0) is 76.1 Å². The average Bonchev–Trinajstić information content (AvgIpc) is 3.35. The Bertz CT molecular complexity index is 1170. The standard InChI is InChI=1S/C28H33N3OS/c1-19-17-21(20(2)31(19)23-13-7-4-8-14-23)18-29-28-26(24-15-9-10-16-25(24)33-28)27(32)30-22-11-5-3-6-12-22/h4,7-8,13-14,17-18,22H,3,5-6,9-12,15-16H2,1-2H3,(H,30,32). The number of hydrogen-bond donors (Lipinski definition) is 1. The lowest BCUT2D eigenvalue weighted by atomic mass is 9.93. The number of benzene rings is 1. The second-order valence-corrected chi connectivity index (χ2v) is 10.5. The molecular weight excluding hydrogens is 426 g/mol. The maximum absolute atomic E-state index is 13.4. The van der Waals surface area contributed by atoms with Gasteiger partial charge in [0, 0.05) is 39.8 Å². The number of nitrogens with one attached hydrogen (secondary N) is 1. The molecule has 1 saturated carbocycles. The molecule has 0 radical (unpaired) electrons. The molecule has 1 aromatic carbocycles. The quantitative estimate of drug-likeness (QED) is 0.417. The normalized spacial score (nSPS) is 16.8. The minimum atomic E-state index is 0.0863. The molecule has 172 valence electrons. The third-order valence-corrected chi connectivity index (χ3v) is 8.33. The fourth-order valence-corrected chi connectivity index (χ4v) is 6.63. The first-order chi connectivity index (χ1) is 16.1. The van der Waals surface area contributed by atoms with Crippen LogP contribution in [-0.4, -0.2) is 22.7 Å². The highest BCUT2D eigenvalue weighted by Crippen LogP contribution is 2.40. The number of para-hydroxylation sites is 1. The molecule has 2 aliphatic carbocycles. The Balaban J connectivity index is 1.46. The number of carbonyl (C=O) groups excluding carboxylic acids is 1. The van der Waals surface area contributed by atoms with E-state index in [4.69, 9.17) is 4.99 Å². The highest BCUT2D eigenvalue weighted by Gasteiger charge is 2.27. The van der Waals surface area contributed by atoms with Gasteiger partial charge in [-0.3, -0.25) is 4.79 Å². The maximum atomic E-state index is 13.4. The molecule has 1 N–H and O–H groups in total. The van der Waals surface area contributed by atoms with Crippen LogP contribution in [0.1, 0.15) is 82.7 Å². The van der Waals surface area contributed by atoms with E-state index in [-0.39, 0.29) is 5.91 Å². The fourth-order valence-electron chi connectivity index (χ4n) is 5.40. The van der Waals surface area contributed by atoms with Gasteiger partial charge in [0.05, 0.1) is 5.56 Å². The molecule has 2 heterocycles. The molecule has 33 heavy (non-hydrogen) atoms. The van der Waals surface area contributed by atoms with Crippen molar-refractivity contribution in [2.24, 2.45) is 4.99 Å². The smallest absolute Gasteiger partial charge is 0.254 e. The minimum Gasteiger partial charge on any atom is -0.349 e. The van der Waals surface area contributed by atoms with Crippen LogP contribution in [0, 0.1) is 13.8 Å². The number of rotatable bonds is 5. The summed E-state index contributed by atoms with van der Waals surface area (Å²) in [6, 6.07) is 12.9. The van der Waals surface area contributed by atoms with E-state index in [1.54, 1.807) is 11.3 Å². The summed E-state index contributed by atoms with van der Waals surface area (Å²) in [5.74, 6) is 0.0863. The van der Waals surface area contributed by atoms with Crippen LogP contribution < -0.4 is 5.32 Å². The van der Waals surface area contributed by atoms with Gasteiger partial charge in [0.15, 0.2) is 0 Å². The number of nitrogens with zero attached hydrogens (tertiary/aromatic N) is 2. The summed E-state index contributed by atoms with van der Waals surface area (Å²) in [7, 11) is 0. The van der Waals surface area contributed by atoms with Crippen LogP contribution in [0.3, 0.4) is 0 Å². The number of fused-ring (bicyclic) bond motifs is 1. The van der Waals surface area contributed by atoms with E-state index in [2.05, 4.69) is 54.1 Å². The van der Waals surface area contributed by atoms with E-state index in [0.717, 1.165) is 59.6 Å². The predicted molar refractivity (Wildman–Crippen MR) is 138 cm³/mol. The van der Waals surface area contributed by atoms with E-state index in [9.17, 15) is 4.79 Å². The van der Waals surface area contributed by atoms with Gasteiger partial charge in [0.1, 0.15) is 5.00 Å². The summed E-state index contributed by atoms with van der Waals surface area (Å²) in [5.41, 5.74) is 6.69. The van der Waals surface area contributed by atoms with Gasteiger partial charge in [-0.1, -0.05) is 37.5 Å². The fraction of sp³-hybridized carbons (Fsp3) is 0.429. The summed E-state index contributed by atoms with van der Waals surface area (Å²) in [6.07, 6.45) is 12.3. The molecule has 0 atom stereocenters. The van der Waals surface area contributed by atoms with Crippen LogP contribution in [0.2, 0.25) is 0 Å². The van der Waals surface area contributed by atoms with Crippen molar-refractivity contribution in [2.45, 2.75) is 77.7 Å². The second kappa shape index (κ2) is 9.68. The maximum Gasteiger partial charge on any atom is 0.254 e. The molecule has 3 aromatic rings. The molecule has 0 aliphatic heterocycles. The summed E-state index contributed by atoms with van der Waals surface area (Å²) in [6.45, 7) is 4.27. The molecule has 0 saturated heterocycles. The predicted octanol–water partition coefficient (Wildman–Crippen LogP) is 6.85. The number of aliphatic imine (C=N–C) groups is 1. The Morgan fingerprint density at radius 3 is 2.61 bits per heavy atom. The third-order valence-electron chi connectivity index (χ3n) is 7.13. The largest absolute Gasteiger partial charge is 0.349 e. The van der Waals surface area contributed by atoms with Crippen LogP contribution in [0.25, 0.3) is 5.69 Å². The van der Waals surface area contributed by atoms with E-state index >= 15 is 0 Å². The first-order valence-corrected chi connectivity index (χ1v) is 13.2. The molecule has 2 aromatic heterocycles. The average molecular weight is 460 g/mol. The monoisotopic (exact) mass is 459 g/mol. The van der Waals surface area contributed by atoms with Crippen molar-refractivity contribution in [3.8, 4) is 5.69 Å². The number of aryl methyl sites for hydroxylation is 2. The van der Waals surface area contributed by atoms with Crippen LogP contribution in [-0.2, 0) is 12.8 Å². The third kappa shape index (κ3) is 4.56. The second-order valence-electron chi connectivity index (χ2n) is 9.46. The van der Waals surface area contributed by atoms with Crippen LogP contribution in [0.15, 0.2) is 41.4 Å². The Hall–Kier alpha value is -2.66. The molecule has 0 unspecified atom stereocenters. The summed E-state index contributed by atoms with van der Waals surface area (Å²) < 4.78 is 2.26. The van der Waals surface area contributed by atoms with Crippen molar-refractivity contribution in [3.05, 3.63) is 69.4 Å². The molecule has 0 spiro atoms. The molecule has 5 heteroatoms. The van der Waals surface area contributed by atoms with Gasteiger partial charge in [-0.2, -0.15) is 0 Å². The van der Waals surface area contributed by atoms with Gasteiger partial charge in [-0.25, -0.2) is 4.99 Å². The molecule has 1 amide bonds. The molecule has 2 aliphatic rings. The van der Waals surface area contributed by atoms with Gasteiger partial charge < -0.3 is 9.88 Å². The van der Waals surface area contributed by atoms with E-state index in [1.807, 2.05) is 12.3 Å². The highest BCUT2D eigenvalue weighted by atomic mass is 32.1. The Kier molecular flexibility index (Phi) is 6.50. The zero-order chi connectivity index (χ0) is 22.8. The molecule has 5 rings (SSSR count). The molecular formula is C28H33N3OS. The first kappa shape index (κ1) is 22.1. The van der Waals surface area contributed by atoms with E-state index in [0.29, 0.717) is 6.04 Å². The summed E-state index contributed by atoms with van der Waals surface area (Å²) in [4.78, 5) is 19.7. The molecule has 0 bridgehead atoms. The van der Waals surface area contributed by atoms with Crippen molar-refractivity contribution < 1.29 is 4.79 Å². The van der Waals surface area contributed by atoms with E-state index < -0.39 is 0 Å². The van der Waals surface area contributed by atoms with Crippen molar-refractivity contribution >= 4 is 28.5 Å². The van der Waals surface area contributed by atoms with Gasteiger partial charge in [0.25, 0.3) is 5.91 Å². The SMILES string of the molecule is Cc1cc(C=Nc2sc3c(c2C(=O)NC2CCCCC2)CCCC3)c(C)n1-c1ccccc1.